The van der Waals surface area contributed by atoms with Crippen molar-refractivity contribution < 1.29 is 68.1 Å². The first kappa shape index (κ1) is 32.2. The number of hydrogen-bond acceptors (Lipinski definition) is 14. The van der Waals surface area contributed by atoms with Gasteiger partial charge in [-0.05, 0) is 64.9 Å². The molecule has 4 N–H and O–H groups in total. The number of carboxylic acids is 1. The second-order valence-corrected chi connectivity index (χ2v) is 11.9. The summed E-state index contributed by atoms with van der Waals surface area (Å²) in [5.74, 6) is -6.22. The molecular weight excluding hydrogens is 598 g/mol. The summed E-state index contributed by atoms with van der Waals surface area (Å²) in [6.45, 7) is 3.84. The van der Waals surface area contributed by atoms with Crippen molar-refractivity contribution in [1.82, 2.24) is 4.90 Å². The average molecular weight is 634 g/mol. The van der Waals surface area contributed by atoms with Gasteiger partial charge < -0.3 is 49.0 Å². The number of likely N-dealkylation sites (tertiary alicyclic amines) is 1. The fraction of sp³-hybridized carbons (Fsp3) is 0.567. The number of piperidine rings is 1. The van der Waals surface area contributed by atoms with E-state index in [-0.39, 0.29) is 29.7 Å². The van der Waals surface area contributed by atoms with Crippen molar-refractivity contribution in [3.05, 3.63) is 35.1 Å². The zero-order chi connectivity index (χ0) is 33.0. The lowest BCUT2D eigenvalue weighted by Gasteiger charge is -2.61. The van der Waals surface area contributed by atoms with E-state index in [1.165, 1.54) is 12.1 Å². The summed E-state index contributed by atoms with van der Waals surface area (Å²) in [5, 5.41) is 41.4. The van der Waals surface area contributed by atoms with Gasteiger partial charge in [0, 0.05) is 18.0 Å². The number of rotatable bonds is 10. The Hall–Kier alpha value is -4.21. The molecule has 15 nitrogen and oxygen atoms in total. The van der Waals surface area contributed by atoms with Crippen LogP contribution in [0, 0.1) is 0 Å². The molecule has 0 radical (unpaired) electrons. The molecule has 2 bridgehead atoms. The van der Waals surface area contributed by atoms with Crippen molar-refractivity contribution in [3.8, 4) is 11.5 Å². The monoisotopic (exact) mass is 633 g/mol. The maximum absolute atomic E-state index is 13.3. The molecule has 0 unspecified atom stereocenters. The number of ether oxygens (including phenoxy) is 5. The first-order valence-corrected chi connectivity index (χ1v) is 14.5. The predicted molar refractivity (Wildman–Crippen MR) is 148 cm³/mol. The average Bonchev–Trinajstić information content (AvgIpc) is 3.33. The molecule has 0 saturated carbocycles. The maximum atomic E-state index is 13.3. The van der Waals surface area contributed by atoms with Crippen LogP contribution in [0.2, 0.25) is 0 Å². The van der Waals surface area contributed by atoms with Gasteiger partial charge in [-0.3, -0.25) is 4.79 Å². The smallest absolute Gasteiger partial charge is 0.348 e. The molecule has 4 aliphatic rings. The number of aliphatic carboxylic acids is 1. The number of benzene rings is 1. The van der Waals surface area contributed by atoms with Crippen molar-refractivity contribution in [3.63, 3.8) is 0 Å². The lowest BCUT2D eigenvalue weighted by Crippen LogP contribution is -2.74. The van der Waals surface area contributed by atoms with Gasteiger partial charge in [-0.2, -0.15) is 0 Å². The molecule has 1 aromatic carbocycles. The summed E-state index contributed by atoms with van der Waals surface area (Å²) in [5.41, 5.74) is -0.783. The van der Waals surface area contributed by atoms with E-state index in [9.17, 15) is 39.3 Å². The molecule has 244 valence electrons. The third kappa shape index (κ3) is 5.27. The van der Waals surface area contributed by atoms with E-state index in [0.717, 1.165) is 26.3 Å². The molecule has 1 spiro atoms. The minimum absolute atomic E-state index is 0.0324. The molecule has 1 fully saturated rings. The van der Waals surface area contributed by atoms with Crippen molar-refractivity contribution in [2.75, 3.05) is 13.6 Å². The van der Waals surface area contributed by atoms with E-state index in [1.54, 1.807) is 6.07 Å². The predicted octanol–water partition coefficient (Wildman–Crippen LogP) is -0.156. The van der Waals surface area contributed by atoms with Crippen molar-refractivity contribution in [2.24, 2.45) is 0 Å². The number of carboxylic acid groups (broad SMARTS) is 1. The first-order valence-electron chi connectivity index (χ1n) is 14.5. The van der Waals surface area contributed by atoms with Crippen molar-refractivity contribution >= 4 is 29.8 Å². The summed E-state index contributed by atoms with van der Waals surface area (Å²) >= 11 is 0. The molecule has 2 aliphatic heterocycles. The molecule has 0 amide bonds. The molecule has 5 rings (SSSR count). The zero-order valence-electron chi connectivity index (χ0n) is 25.1. The van der Waals surface area contributed by atoms with Crippen LogP contribution in [0.5, 0.6) is 11.5 Å². The Balaban J connectivity index is 1.36. The van der Waals surface area contributed by atoms with Gasteiger partial charge in [-0.15, -0.1) is 0 Å². The number of nitrogens with zero attached hydrogens (tertiary/aromatic N) is 1. The minimum Gasteiger partial charge on any atom is -0.504 e. The maximum Gasteiger partial charge on any atom is 0.348 e. The standard InChI is InChI=1S/C30H35NO14/c1-13(32)26(37)44-19(28(39)42-15(3)27(38)41-14(2)25(35)36)12-21(34)43-18-7-8-30(40)20-11-16-5-6-17(33)23-22(16)29(30,24(18)45-23)9-10-31(20)4/h5-7,13-15,19-20,24,32-33,40H,8-12H2,1-4H3,(H,35,36)/t13-,14-,15-,19-,20-,24-,29-,30+/m0/s1. The van der Waals surface area contributed by atoms with Crippen LogP contribution in [0.4, 0.5) is 0 Å². The largest absolute Gasteiger partial charge is 0.504 e. The molecule has 8 atom stereocenters. The number of aliphatic hydroxyl groups excluding tert-OH is 1. The van der Waals surface area contributed by atoms with E-state index in [1.807, 2.05) is 7.05 Å². The molecule has 0 aromatic heterocycles. The molecule has 45 heavy (non-hydrogen) atoms. The van der Waals surface area contributed by atoms with Crippen LogP contribution in [0.25, 0.3) is 0 Å². The van der Waals surface area contributed by atoms with Crippen LogP contribution in [0.1, 0.15) is 51.2 Å². The van der Waals surface area contributed by atoms with Gasteiger partial charge in [0.15, 0.2) is 29.8 Å². The van der Waals surface area contributed by atoms with Crippen LogP contribution >= 0.6 is 0 Å². The van der Waals surface area contributed by atoms with Crippen LogP contribution < -0.4 is 4.74 Å². The Morgan fingerprint density at radius 2 is 1.73 bits per heavy atom. The van der Waals surface area contributed by atoms with Gasteiger partial charge >= 0.3 is 29.8 Å². The normalized spacial score (nSPS) is 28.6. The Labute approximate surface area is 257 Å². The van der Waals surface area contributed by atoms with Gasteiger partial charge in [0.1, 0.15) is 11.9 Å². The summed E-state index contributed by atoms with van der Waals surface area (Å²) in [6.07, 6.45) is -6.16. The zero-order valence-corrected chi connectivity index (χ0v) is 25.1. The number of aliphatic hydroxyl groups is 2. The fourth-order valence-electron chi connectivity index (χ4n) is 6.79. The van der Waals surface area contributed by atoms with Gasteiger partial charge in [0.05, 0.1) is 17.4 Å². The summed E-state index contributed by atoms with van der Waals surface area (Å²) in [6, 6.07) is 3.03. The third-order valence-corrected chi connectivity index (χ3v) is 9.07. The topological polar surface area (TPSA) is 216 Å². The summed E-state index contributed by atoms with van der Waals surface area (Å²) in [4.78, 5) is 63.6. The molecule has 1 aromatic rings. The number of aromatic hydroxyl groups is 1. The van der Waals surface area contributed by atoms with Gasteiger partial charge in [-0.25, -0.2) is 19.2 Å². The van der Waals surface area contributed by atoms with Gasteiger partial charge in [-0.1, -0.05) is 6.07 Å². The van der Waals surface area contributed by atoms with Gasteiger partial charge in [0.25, 0.3) is 0 Å². The highest BCUT2D eigenvalue weighted by molar-refractivity contribution is 5.88. The van der Waals surface area contributed by atoms with Crippen molar-refractivity contribution in [1.29, 1.82) is 0 Å². The van der Waals surface area contributed by atoms with Crippen molar-refractivity contribution in [2.45, 2.75) is 94.0 Å². The molecule has 1 saturated heterocycles. The molecule has 2 heterocycles. The van der Waals surface area contributed by atoms with E-state index >= 15 is 0 Å². The Morgan fingerprint density at radius 3 is 2.40 bits per heavy atom. The van der Waals surface area contributed by atoms with Gasteiger partial charge in [0.2, 0.25) is 6.10 Å². The van der Waals surface area contributed by atoms with E-state index in [0.29, 0.717) is 24.9 Å². The SMILES string of the molecule is C[C@H](O)C(=O)O[C@@H](CC(=O)OC1=CC[C@@]2(O)[C@@H]3Cc4ccc(O)c5c4[C@@]2(CCN3C)[C@H]1O5)C(=O)O[C@@H](C)C(=O)O[C@@H](C)C(=O)O. The van der Waals surface area contributed by atoms with Crippen LogP contribution in [-0.2, 0) is 54.8 Å². The number of likely N-dealkylation sites (N-methyl/N-ethyl adjacent to an activating group) is 1. The van der Waals surface area contributed by atoms with Crippen LogP contribution in [0.3, 0.4) is 0 Å². The molecule has 15 heteroatoms. The number of carbonyl (C=O) groups excluding carboxylic acids is 4. The Kier molecular flexibility index (Phi) is 8.31. The number of phenolic OH excluding ortho intramolecular Hbond substituents is 1. The number of carbonyl (C=O) groups is 5. The number of hydrogen-bond donors (Lipinski definition) is 4. The minimum atomic E-state index is -1.97. The highest BCUT2D eigenvalue weighted by Gasteiger charge is 2.72. The van der Waals surface area contributed by atoms with E-state index in [2.05, 4.69) is 9.64 Å². The van der Waals surface area contributed by atoms with E-state index in [4.69, 9.17) is 24.1 Å². The fourth-order valence-corrected chi connectivity index (χ4v) is 6.79. The highest BCUT2D eigenvalue weighted by Crippen LogP contribution is 2.65. The molecule has 2 aliphatic carbocycles. The quantitative estimate of drug-likeness (QED) is 0.195. The van der Waals surface area contributed by atoms with Crippen LogP contribution in [-0.4, -0.2) is 111 Å². The Bertz CT molecular complexity index is 1470. The second kappa shape index (κ2) is 11.6. The molecular formula is C30H35NO14. The second-order valence-electron chi connectivity index (χ2n) is 11.9. The van der Waals surface area contributed by atoms with E-state index < -0.39 is 77.8 Å². The summed E-state index contributed by atoms with van der Waals surface area (Å²) < 4.78 is 26.5. The third-order valence-electron chi connectivity index (χ3n) is 9.07. The van der Waals surface area contributed by atoms with Crippen LogP contribution in [0.15, 0.2) is 24.0 Å². The first-order chi connectivity index (χ1) is 21.1. The Morgan fingerprint density at radius 1 is 1.04 bits per heavy atom. The summed E-state index contributed by atoms with van der Waals surface area (Å²) in [7, 11) is 1.92. The lowest BCUT2D eigenvalue weighted by molar-refractivity contribution is -0.185. The lowest BCUT2D eigenvalue weighted by atomic mass is 9.50. The highest BCUT2D eigenvalue weighted by atomic mass is 16.6. The number of esters is 4. The number of phenols is 1.